The molecule has 0 aliphatic heterocycles. The van der Waals surface area contributed by atoms with Crippen molar-refractivity contribution in [3.05, 3.63) is 84.3 Å². The standard InChI is InChI=1S/C32H31FN4/c1-5-18(3)31-34-17-29(36-31)26-12-8-21(16-27(26)33)20-7-10-23-22(15-20)9-11-25-24(23)13-14-28-30(25)37-32(35-28)19(4)6-2/h7-19H,5-6H2,1-4H3,(H,34,36)(H,35,37). The minimum absolute atomic E-state index is 0.256. The van der Waals surface area contributed by atoms with Crippen LogP contribution >= 0.6 is 0 Å². The molecule has 2 atom stereocenters. The Bertz CT molecular complexity index is 1760. The first-order valence-electron chi connectivity index (χ1n) is 13.2. The molecule has 0 fully saturated rings. The Hall–Kier alpha value is -3.99. The number of fused-ring (bicyclic) bond motifs is 5. The molecular weight excluding hydrogens is 459 g/mol. The van der Waals surface area contributed by atoms with Crippen LogP contribution in [0.1, 0.15) is 64.0 Å². The van der Waals surface area contributed by atoms with Crippen molar-refractivity contribution in [3.8, 4) is 22.4 Å². The smallest absolute Gasteiger partial charge is 0.133 e. The third-order valence-electron chi connectivity index (χ3n) is 7.83. The summed E-state index contributed by atoms with van der Waals surface area (Å²) < 4.78 is 15.2. The molecule has 2 heterocycles. The van der Waals surface area contributed by atoms with Crippen molar-refractivity contribution in [3.63, 3.8) is 0 Å². The van der Waals surface area contributed by atoms with Gasteiger partial charge in [0.15, 0.2) is 0 Å². The van der Waals surface area contributed by atoms with E-state index in [-0.39, 0.29) is 5.82 Å². The number of imidazole rings is 2. The van der Waals surface area contributed by atoms with Gasteiger partial charge in [0.25, 0.3) is 0 Å². The van der Waals surface area contributed by atoms with E-state index in [0.29, 0.717) is 23.1 Å². The first-order valence-corrected chi connectivity index (χ1v) is 13.2. The van der Waals surface area contributed by atoms with Crippen LogP contribution in [0.3, 0.4) is 0 Å². The highest BCUT2D eigenvalue weighted by Crippen LogP contribution is 2.35. The number of nitrogens with one attached hydrogen (secondary N) is 2. The van der Waals surface area contributed by atoms with Gasteiger partial charge in [0.2, 0.25) is 0 Å². The molecule has 0 aliphatic rings. The maximum Gasteiger partial charge on any atom is 0.133 e. The van der Waals surface area contributed by atoms with Gasteiger partial charge in [-0.15, -0.1) is 0 Å². The first-order chi connectivity index (χ1) is 18.0. The van der Waals surface area contributed by atoms with Crippen molar-refractivity contribution >= 4 is 32.6 Å². The van der Waals surface area contributed by atoms with Gasteiger partial charge in [-0.3, -0.25) is 0 Å². The van der Waals surface area contributed by atoms with E-state index in [4.69, 9.17) is 4.98 Å². The Labute approximate surface area is 216 Å². The zero-order valence-electron chi connectivity index (χ0n) is 21.7. The zero-order valence-corrected chi connectivity index (χ0v) is 21.7. The van der Waals surface area contributed by atoms with Crippen molar-refractivity contribution in [2.75, 3.05) is 0 Å². The highest BCUT2D eigenvalue weighted by molar-refractivity contribution is 6.16. The number of hydrogen-bond acceptors (Lipinski definition) is 2. The van der Waals surface area contributed by atoms with Gasteiger partial charge in [-0.1, -0.05) is 64.1 Å². The number of H-pyrrole nitrogens is 2. The maximum absolute atomic E-state index is 15.2. The van der Waals surface area contributed by atoms with Crippen molar-refractivity contribution in [2.45, 2.75) is 52.4 Å². The van der Waals surface area contributed by atoms with E-state index >= 15 is 4.39 Å². The molecule has 6 rings (SSSR count). The van der Waals surface area contributed by atoms with E-state index < -0.39 is 0 Å². The Morgan fingerprint density at radius 2 is 1.46 bits per heavy atom. The molecule has 2 N–H and O–H groups in total. The highest BCUT2D eigenvalue weighted by Gasteiger charge is 2.15. The van der Waals surface area contributed by atoms with Gasteiger partial charge < -0.3 is 9.97 Å². The number of hydrogen-bond donors (Lipinski definition) is 2. The normalized spacial score (nSPS) is 13.5. The van der Waals surface area contributed by atoms with Gasteiger partial charge in [-0.05, 0) is 64.4 Å². The molecule has 0 spiro atoms. The number of rotatable bonds is 6. The molecular formula is C32H31FN4. The summed E-state index contributed by atoms with van der Waals surface area (Å²) in [5.41, 5.74) is 5.19. The Kier molecular flexibility index (Phi) is 5.79. The average Bonchev–Trinajstić information content (AvgIpc) is 3.59. The number of aromatic nitrogens is 4. The van der Waals surface area contributed by atoms with Crippen LogP contribution < -0.4 is 0 Å². The molecule has 5 heteroatoms. The van der Waals surface area contributed by atoms with Crippen LogP contribution in [0.4, 0.5) is 4.39 Å². The molecule has 6 aromatic rings. The van der Waals surface area contributed by atoms with Crippen LogP contribution in [-0.4, -0.2) is 19.9 Å². The third-order valence-corrected chi connectivity index (χ3v) is 7.83. The van der Waals surface area contributed by atoms with E-state index in [2.05, 4.69) is 85.1 Å². The number of nitrogens with zero attached hydrogens (tertiary/aromatic N) is 2. The molecule has 0 aliphatic carbocycles. The lowest BCUT2D eigenvalue weighted by atomic mass is 9.96. The lowest BCUT2D eigenvalue weighted by molar-refractivity contribution is 0.631. The topological polar surface area (TPSA) is 57.4 Å². The van der Waals surface area contributed by atoms with Crippen LogP contribution in [0.2, 0.25) is 0 Å². The number of aromatic amines is 2. The fourth-order valence-corrected chi connectivity index (χ4v) is 5.08. The van der Waals surface area contributed by atoms with Gasteiger partial charge in [0, 0.05) is 22.8 Å². The molecule has 186 valence electrons. The summed E-state index contributed by atoms with van der Waals surface area (Å²) in [6, 6.07) is 20.4. The molecule has 0 saturated carbocycles. The quantitative estimate of drug-likeness (QED) is 0.229. The van der Waals surface area contributed by atoms with Crippen LogP contribution in [0.15, 0.2) is 66.9 Å². The van der Waals surface area contributed by atoms with E-state index in [1.165, 1.54) is 10.8 Å². The summed E-state index contributed by atoms with van der Waals surface area (Å²) in [4.78, 5) is 16.2. The lowest BCUT2D eigenvalue weighted by Gasteiger charge is -2.09. The predicted octanol–water partition coefficient (Wildman–Crippen LogP) is 9.09. The molecule has 0 saturated heterocycles. The minimum Gasteiger partial charge on any atom is -0.342 e. The summed E-state index contributed by atoms with van der Waals surface area (Å²) >= 11 is 0. The molecule has 37 heavy (non-hydrogen) atoms. The van der Waals surface area contributed by atoms with Gasteiger partial charge in [-0.25, -0.2) is 14.4 Å². The molecule has 2 aromatic heterocycles. The second-order valence-electron chi connectivity index (χ2n) is 10.2. The van der Waals surface area contributed by atoms with Crippen molar-refractivity contribution in [1.29, 1.82) is 0 Å². The summed E-state index contributed by atoms with van der Waals surface area (Å²) in [6.07, 6.45) is 3.76. The lowest BCUT2D eigenvalue weighted by Crippen LogP contribution is -1.94. The largest absolute Gasteiger partial charge is 0.342 e. The second kappa shape index (κ2) is 9.15. The molecule has 4 nitrogen and oxygen atoms in total. The summed E-state index contributed by atoms with van der Waals surface area (Å²) in [6.45, 7) is 8.62. The Balaban J connectivity index is 1.38. The van der Waals surface area contributed by atoms with Crippen LogP contribution in [0.25, 0.3) is 55.0 Å². The van der Waals surface area contributed by atoms with Crippen molar-refractivity contribution in [2.24, 2.45) is 0 Å². The van der Waals surface area contributed by atoms with Crippen molar-refractivity contribution in [1.82, 2.24) is 19.9 Å². The Morgan fingerprint density at radius 1 is 0.757 bits per heavy atom. The fraction of sp³-hybridized carbons (Fsp3) is 0.250. The zero-order chi connectivity index (χ0) is 25.7. The van der Waals surface area contributed by atoms with Gasteiger partial charge in [0.05, 0.1) is 22.9 Å². The van der Waals surface area contributed by atoms with E-state index in [0.717, 1.165) is 57.4 Å². The van der Waals surface area contributed by atoms with Crippen molar-refractivity contribution < 1.29 is 4.39 Å². The molecule has 0 radical (unpaired) electrons. The minimum atomic E-state index is -0.256. The van der Waals surface area contributed by atoms with Gasteiger partial charge in [-0.2, -0.15) is 0 Å². The van der Waals surface area contributed by atoms with Crippen LogP contribution in [0.5, 0.6) is 0 Å². The van der Waals surface area contributed by atoms with E-state index in [9.17, 15) is 0 Å². The molecule has 2 unspecified atom stereocenters. The van der Waals surface area contributed by atoms with Gasteiger partial charge in [0.1, 0.15) is 17.5 Å². The highest BCUT2D eigenvalue weighted by atomic mass is 19.1. The monoisotopic (exact) mass is 490 g/mol. The van der Waals surface area contributed by atoms with Crippen LogP contribution in [0, 0.1) is 5.82 Å². The third kappa shape index (κ3) is 3.99. The molecule has 0 amide bonds. The molecule has 4 aromatic carbocycles. The second-order valence-corrected chi connectivity index (χ2v) is 10.2. The number of halogens is 1. The fourth-order valence-electron chi connectivity index (χ4n) is 5.08. The molecule has 0 bridgehead atoms. The summed E-state index contributed by atoms with van der Waals surface area (Å²) in [5, 5.41) is 4.62. The van der Waals surface area contributed by atoms with E-state index in [1.54, 1.807) is 12.3 Å². The Morgan fingerprint density at radius 3 is 2.24 bits per heavy atom. The van der Waals surface area contributed by atoms with Gasteiger partial charge >= 0.3 is 0 Å². The number of benzene rings is 4. The van der Waals surface area contributed by atoms with E-state index in [1.807, 2.05) is 12.1 Å². The SMILES string of the molecule is CCC(C)c1ncc(-c2ccc(-c3ccc4c(ccc5c4ccc4[nH]c(C(C)CC)nc45)c3)cc2F)[nH]1. The predicted molar refractivity (Wildman–Crippen MR) is 151 cm³/mol. The van der Waals surface area contributed by atoms with Crippen LogP contribution in [-0.2, 0) is 0 Å². The maximum atomic E-state index is 15.2. The first kappa shape index (κ1) is 23.4. The summed E-state index contributed by atoms with van der Waals surface area (Å²) in [5.74, 6) is 2.39. The summed E-state index contributed by atoms with van der Waals surface area (Å²) in [7, 11) is 0. The average molecular weight is 491 g/mol.